The zero-order valence-corrected chi connectivity index (χ0v) is 6.76. The molecule has 11 heavy (non-hydrogen) atoms. The molecule has 6 radical (unpaired) electrons. The molecule has 0 aliphatic heterocycles. The molecule has 0 fully saturated rings. The second kappa shape index (κ2) is 34.4. The predicted octanol–water partition coefficient (Wildman–Crippen LogP) is -1.40. The molecule has 0 aliphatic carbocycles. The fourth-order valence-corrected chi connectivity index (χ4v) is 0.112. The van der Waals surface area contributed by atoms with E-state index < -0.39 is 0 Å². The van der Waals surface area contributed by atoms with Crippen LogP contribution in [0.2, 0.25) is 0 Å². The van der Waals surface area contributed by atoms with Gasteiger partial charge in [0.15, 0.2) is 5.96 Å². The van der Waals surface area contributed by atoms with Gasteiger partial charge in [-0.15, -0.1) is 0 Å². The van der Waals surface area contributed by atoms with Gasteiger partial charge in [-0.05, 0) is 7.05 Å². The second-order valence-electron chi connectivity index (χ2n) is 0.859. The second-order valence-corrected chi connectivity index (χ2v) is 0.859. The van der Waals surface area contributed by atoms with E-state index in [9.17, 15) is 0 Å². The lowest BCUT2D eigenvalue weighted by atomic mass is 10.8. The highest BCUT2D eigenvalue weighted by molar-refractivity contribution is 5.77. The summed E-state index contributed by atoms with van der Waals surface area (Å²) in [6, 6.07) is 0. The summed E-state index contributed by atoms with van der Waals surface area (Å²) in [5.41, 5.74) is 9.61. The van der Waals surface area contributed by atoms with Gasteiger partial charge in [-0.1, -0.05) is 7.43 Å². The van der Waals surface area contributed by atoms with Crippen molar-refractivity contribution in [3.05, 3.63) is 0 Å². The number of nitrogens with zero attached hydrogens (tertiary/aromatic N) is 1. The first kappa shape index (κ1) is 31.6. The molecule has 0 saturated carbocycles. The Labute approximate surface area is 74.0 Å². The summed E-state index contributed by atoms with van der Waals surface area (Å²) in [5.74, 6) is 0.468. The van der Waals surface area contributed by atoms with Crippen molar-refractivity contribution < 1.29 is 0 Å². The van der Waals surface area contributed by atoms with Gasteiger partial charge in [0.25, 0.3) is 0 Å². The van der Waals surface area contributed by atoms with Gasteiger partial charge in [-0.2, -0.15) is 0 Å². The Morgan fingerprint density at radius 3 is 1.55 bits per heavy atom. The largest absolute Gasteiger partial charge is 0.370 e. The topological polar surface area (TPSA) is 76.4 Å². The SMILES string of the molecule is C.CN.CN=C(N)NC.[B].[B]. The fourth-order valence-electron chi connectivity index (χ4n) is 0.112. The molecule has 4 nitrogen and oxygen atoms in total. The molecule has 0 amide bonds. The molecule has 6 heteroatoms. The van der Waals surface area contributed by atoms with Crippen LogP contribution in [0.25, 0.3) is 0 Å². The van der Waals surface area contributed by atoms with Gasteiger partial charge in [0.05, 0.1) is 0 Å². The number of nitrogens with two attached hydrogens (primary N) is 2. The van der Waals surface area contributed by atoms with Gasteiger partial charge < -0.3 is 16.8 Å². The van der Waals surface area contributed by atoms with E-state index in [0.717, 1.165) is 0 Å². The molecule has 0 aliphatic rings. The molecule has 0 atom stereocenters. The van der Waals surface area contributed by atoms with Crippen LogP contribution in [0.1, 0.15) is 7.43 Å². The lowest BCUT2D eigenvalue weighted by molar-refractivity contribution is 1.12. The summed E-state index contributed by atoms with van der Waals surface area (Å²) < 4.78 is 0. The average Bonchev–Trinajstić information content (AvgIpc) is 1.91. The van der Waals surface area contributed by atoms with E-state index in [1.54, 1.807) is 14.1 Å². The molecular weight excluding hydrogens is 138 g/mol. The van der Waals surface area contributed by atoms with Crippen molar-refractivity contribution in [3.8, 4) is 0 Å². The number of rotatable bonds is 0. The van der Waals surface area contributed by atoms with Crippen molar-refractivity contribution in [1.82, 2.24) is 5.32 Å². The maximum atomic E-state index is 5.11. The zero-order valence-electron chi connectivity index (χ0n) is 6.76. The Hall–Kier alpha value is -0.640. The summed E-state index contributed by atoms with van der Waals surface area (Å²) >= 11 is 0. The Morgan fingerprint density at radius 1 is 1.27 bits per heavy atom. The first-order chi connectivity index (χ1) is 3.81. The van der Waals surface area contributed by atoms with E-state index in [2.05, 4.69) is 16.0 Å². The molecule has 0 heterocycles. The van der Waals surface area contributed by atoms with Gasteiger partial charge in [0.1, 0.15) is 0 Å². The van der Waals surface area contributed by atoms with Gasteiger partial charge in [0, 0.05) is 30.9 Å². The monoisotopic (exact) mass is 156 g/mol. The third kappa shape index (κ3) is 44.9. The van der Waals surface area contributed by atoms with Crippen LogP contribution >= 0.6 is 0 Å². The van der Waals surface area contributed by atoms with Crippen molar-refractivity contribution in [3.63, 3.8) is 0 Å². The quantitative estimate of drug-likeness (QED) is 0.229. The molecule has 0 bridgehead atoms. The number of aliphatic imine (C=N–C) groups is 1. The van der Waals surface area contributed by atoms with Crippen LogP contribution in [-0.4, -0.2) is 43.9 Å². The molecule has 0 aromatic carbocycles. The smallest absolute Gasteiger partial charge is 0.188 e. The standard InChI is InChI=1S/C3H9N3.CH5N.CH4.2B/c1-5-3(4)6-2;1-2;;;/h1-2H3,(H3,4,5,6);2H2,1H3;1H4;;. The lowest BCUT2D eigenvalue weighted by Gasteiger charge is -1.90. The Kier molecular flexibility index (Phi) is 98.8. The summed E-state index contributed by atoms with van der Waals surface area (Å²) in [6.07, 6.45) is 0. The number of hydrogen-bond donors (Lipinski definition) is 3. The number of nitrogens with one attached hydrogen (secondary N) is 1. The number of hydrogen-bond acceptors (Lipinski definition) is 2. The maximum absolute atomic E-state index is 5.11. The van der Waals surface area contributed by atoms with Crippen molar-refractivity contribution in [2.75, 3.05) is 21.1 Å². The molecule has 0 rings (SSSR count). The number of guanidine groups is 1. The Balaban J connectivity index is -0.0000000222. The van der Waals surface area contributed by atoms with Crippen LogP contribution in [0.15, 0.2) is 4.99 Å². The average molecular weight is 156 g/mol. The molecule has 0 aromatic heterocycles. The molecule has 5 N–H and O–H groups in total. The summed E-state index contributed by atoms with van der Waals surface area (Å²) in [4.78, 5) is 3.59. The molecule has 0 aromatic rings. The zero-order chi connectivity index (χ0) is 6.99. The minimum absolute atomic E-state index is 0. The van der Waals surface area contributed by atoms with Crippen LogP contribution in [0, 0.1) is 0 Å². The third-order valence-electron chi connectivity index (χ3n) is 0.497. The van der Waals surface area contributed by atoms with Crippen molar-refractivity contribution >= 4 is 22.8 Å². The summed E-state index contributed by atoms with van der Waals surface area (Å²) in [6.45, 7) is 0. The molecule has 0 spiro atoms. The van der Waals surface area contributed by atoms with Crippen LogP contribution in [0.3, 0.4) is 0 Å². The van der Waals surface area contributed by atoms with Gasteiger partial charge in [-0.25, -0.2) is 0 Å². The molecule has 64 valence electrons. The van der Waals surface area contributed by atoms with E-state index >= 15 is 0 Å². The van der Waals surface area contributed by atoms with Gasteiger partial charge in [0.2, 0.25) is 0 Å². The molecular formula is C5H18B2N4. The maximum Gasteiger partial charge on any atom is 0.188 e. The van der Waals surface area contributed by atoms with Crippen LogP contribution < -0.4 is 16.8 Å². The van der Waals surface area contributed by atoms with Crippen LogP contribution in [0.5, 0.6) is 0 Å². The van der Waals surface area contributed by atoms with Crippen LogP contribution in [0.4, 0.5) is 0 Å². The van der Waals surface area contributed by atoms with E-state index in [1.165, 1.54) is 7.05 Å². The van der Waals surface area contributed by atoms with E-state index in [4.69, 9.17) is 5.73 Å². The van der Waals surface area contributed by atoms with Crippen molar-refractivity contribution in [2.24, 2.45) is 16.5 Å². The van der Waals surface area contributed by atoms with E-state index in [-0.39, 0.29) is 24.3 Å². The first-order valence-corrected chi connectivity index (χ1v) is 2.29. The van der Waals surface area contributed by atoms with Crippen molar-refractivity contribution in [2.45, 2.75) is 7.43 Å². The summed E-state index contributed by atoms with van der Waals surface area (Å²) in [7, 11) is 4.86. The minimum Gasteiger partial charge on any atom is -0.370 e. The predicted molar refractivity (Wildman–Crippen MR) is 55.0 cm³/mol. The molecule has 0 unspecified atom stereocenters. The minimum atomic E-state index is 0. The highest BCUT2D eigenvalue weighted by Crippen LogP contribution is 1.48. The van der Waals surface area contributed by atoms with Gasteiger partial charge >= 0.3 is 0 Å². The first-order valence-electron chi connectivity index (χ1n) is 2.29. The highest BCUT2D eigenvalue weighted by Gasteiger charge is 1.71. The third-order valence-corrected chi connectivity index (χ3v) is 0.497. The highest BCUT2D eigenvalue weighted by atomic mass is 15.1. The Bertz CT molecular complexity index is 67.5. The molecule has 0 saturated heterocycles. The fraction of sp³-hybridized carbons (Fsp3) is 0.800. The van der Waals surface area contributed by atoms with Gasteiger partial charge in [-0.3, -0.25) is 4.99 Å². The lowest BCUT2D eigenvalue weighted by Crippen LogP contribution is -2.27. The van der Waals surface area contributed by atoms with Crippen LogP contribution in [-0.2, 0) is 0 Å². The van der Waals surface area contributed by atoms with E-state index in [1.807, 2.05) is 0 Å². The summed E-state index contributed by atoms with van der Waals surface area (Å²) in [5, 5.41) is 2.64. The van der Waals surface area contributed by atoms with Crippen molar-refractivity contribution in [1.29, 1.82) is 0 Å². The Morgan fingerprint density at radius 2 is 1.55 bits per heavy atom. The van der Waals surface area contributed by atoms with E-state index in [0.29, 0.717) is 5.96 Å². The normalized spacial score (nSPS) is 6.73.